The van der Waals surface area contributed by atoms with Gasteiger partial charge in [0.25, 0.3) is 0 Å². The highest BCUT2D eigenvalue weighted by Gasteiger charge is 2.29. The summed E-state index contributed by atoms with van der Waals surface area (Å²) in [6, 6.07) is 0. The molecule has 1 rings (SSSR count). The van der Waals surface area contributed by atoms with Gasteiger partial charge in [-0.15, -0.1) is 0 Å². The van der Waals surface area contributed by atoms with Crippen LogP contribution < -0.4 is 0 Å². The van der Waals surface area contributed by atoms with Crippen LogP contribution in [0.3, 0.4) is 0 Å². The molecule has 0 bridgehead atoms. The standard InChI is InChI=1S/C7H10O4S/c1-2-7(8)11-6-3-4-12(9,10)5-6/h2,6H,1,3-5H2. The second-order valence-corrected chi connectivity index (χ2v) is 4.89. The fraction of sp³-hybridized carbons (Fsp3) is 0.571. The molecule has 1 aliphatic heterocycles. The molecular weight excluding hydrogens is 180 g/mol. The van der Waals surface area contributed by atoms with Gasteiger partial charge in [0.05, 0.1) is 11.5 Å². The fourth-order valence-corrected chi connectivity index (χ4v) is 2.66. The third kappa shape index (κ3) is 2.34. The SMILES string of the molecule is C=CC(=O)OC1CCS(=O)(=O)C1. The third-order valence-electron chi connectivity index (χ3n) is 1.64. The molecule has 1 saturated heterocycles. The third-order valence-corrected chi connectivity index (χ3v) is 3.38. The Balaban J connectivity index is 2.49. The fourth-order valence-electron chi connectivity index (χ4n) is 1.07. The maximum atomic E-state index is 10.9. The lowest BCUT2D eigenvalue weighted by molar-refractivity contribution is -0.141. The predicted molar refractivity (Wildman–Crippen MR) is 43.3 cm³/mol. The average molecular weight is 190 g/mol. The molecule has 1 atom stereocenters. The summed E-state index contributed by atoms with van der Waals surface area (Å²) < 4.78 is 26.5. The molecule has 0 amide bonds. The lowest BCUT2D eigenvalue weighted by atomic mass is 10.3. The second kappa shape index (κ2) is 3.26. The van der Waals surface area contributed by atoms with Crippen molar-refractivity contribution in [1.29, 1.82) is 0 Å². The quantitative estimate of drug-likeness (QED) is 0.450. The van der Waals surface area contributed by atoms with Gasteiger partial charge < -0.3 is 4.74 Å². The maximum Gasteiger partial charge on any atom is 0.330 e. The minimum absolute atomic E-state index is 0.0490. The van der Waals surface area contributed by atoms with Crippen LogP contribution in [0, 0.1) is 0 Å². The highest BCUT2D eigenvalue weighted by molar-refractivity contribution is 7.91. The zero-order valence-electron chi connectivity index (χ0n) is 6.52. The Bertz CT molecular complexity index is 291. The minimum Gasteiger partial charge on any atom is -0.458 e. The number of hydrogen-bond acceptors (Lipinski definition) is 4. The average Bonchev–Trinajstić information content (AvgIpc) is 2.30. The first-order valence-corrected chi connectivity index (χ1v) is 5.39. The van der Waals surface area contributed by atoms with Gasteiger partial charge in [-0.1, -0.05) is 6.58 Å². The molecule has 0 aliphatic carbocycles. The number of carbonyl (C=O) groups is 1. The molecule has 1 aliphatic rings. The van der Waals surface area contributed by atoms with Gasteiger partial charge in [0.1, 0.15) is 6.10 Å². The molecule has 12 heavy (non-hydrogen) atoms. The molecule has 0 aromatic heterocycles. The van der Waals surface area contributed by atoms with Gasteiger partial charge in [-0.2, -0.15) is 0 Å². The van der Waals surface area contributed by atoms with Gasteiger partial charge in [-0.3, -0.25) is 0 Å². The monoisotopic (exact) mass is 190 g/mol. The number of ether oxygens (including phenoxy) is 1. The topological polar surface area (TPSA) is 60.4 Å². The number of rotatable bonds is 2. The Kier molecular flexibility index (Phi) is 2.52. The lowest BCUT2D eigenvalue weighted by Crippen LogP contribution is -2.17. The van der Waals surface area contributed by atoms with Gasteiger partial charge in [0, 0.05) is 6.08 Å². The molecule has 68 valence electrons. The zero-order valence-corrected chi connectivity index (χ0v) is 7.34. The molecule has 5 heteroatoms. The van der Waals surface area contributed by atoms with Crippen LogP contribution in [0.4, 0.5) is 0 Å². The summed E-state index contributed by atoms with van der Waals surface area (Å²) in [7, 11) is -2.96. The van der Waals surface area contributed by atoms with Crippen LogP contribution in [0.2, 0.25) is 0 Å². The van der Waals surface area contributed by atoms with Crippen molar-refractivity contribution in [2.45, 2.75) is 12.5 Å². The van der Waals surface area contributed by atoms with Crippen molar-refractivity contribution in [3.8, 4) is 0 Å². The lowest BCUT2D eigenvalue weighted by Gasteiger charge is -2.06. The molecule has 0 aromatic rings. The van der Waals surface area contributed by atoms with E-state index in [1.807, 2.05) is 0 Å². The number of hydrogen-bond donors (Lipinski definition) is 0. The smallest absolute Gasteiger partial charge is 0.330 e. The number of carbonyl (C=O) groups excluding carboxylic acids is 1. The van der Waals surface area contributed by atoms with Crippen LogP contribution in [-0.2, 0) is 19.4 Å². The van der Waals surface area contributed by atoms with E-state index in [9.17, 15) is 13.2 Å². The highest BCUT2D eigenvalue weighted by Crippen LogP contribution is 2.14. The van der Waals surface area contributed by atoms with Crippen molar-refractivity contribution in [2.24, 2.45) is 0 Å². The number of sulfone groups is 1. The molecule has 0 aromatic carbocycles. The van der Waals surface area contributed by atoms with Crippen molar-refractivity contribution in [3.63, 3.8) is 0 Å². The molecule has 4 nitrogen and oxygen atoms in total. The van der Waals surface area contributed by atoms with Gasteiger partial charge in [-0.05, 0) is 6.42 Å². The van der Waals surface area contributed by atoms with E-state index < -0.39 is 21.9 Å². The van der Waals surface area contributed by atoms with Gasteiger partial charge in [0.15, 0.2) is 9.84 Å². The van der Waals surface area contributed by atoms with E-state index >= 15 is 0 Å². The minimum atomic E-state index is -2.96. The molecule has 0 saturated carbocycles. The predicted octanol–water partition coefficient (Wildman–Crippen LogP) is -0.0973. The summed E-state index contributed by atoms with van der Waals surface area (Å²) in [5, 5.41) is 0. The summed E-state index contributed by atoms with van der Waals surface area (Å²) in [5.74, 6) is -0.494. The summed E-state index contributed by atoms with van der Waals surface area (Å²) >= 11 is 0. The number of esters is 1. The van der Waals surface area contributed by atoms with Gasteiger partial charge in [-0.25, -0.2) is 13.2 Å². The molecule has 1 unspecified atom stereocenters. The molecule has 1 heterocycles. The van der Waals surface area contributed by atoms with Crippen molar-refractivity contribution in [3.05, 3.63) is 12.7 Å². The maximum absolute atomic E-state index is 10.9. The van der Waals surface area contributed by atoms with Crippen molar-refractivity contribution >= 4 is 15.8 Å². The molecule has 0 spiro atoms. The normalized spacial score (nSPS) is 26.5. The van der Waals surface area contributed by atoms with E-state index in [4.69, 9.17) is 4.74 Å². The summed E-state index contributed by atoms with van der Waals surface area (Å²) in [5.41, 5.74) is 0. The molecule has 0 radical (unpaired) electrons. The Hall–Kier alpha value is -0.840. The largest absolute Gasteiger partial charge is 0.458 e. The summed E-state index contributed by atoms with van der Waals surface area (Å²) in [4.78, 5) is 10.6. The highest BCUT2D eigenvalue weighted by atomic mass is 32.2. The van der Waals surface area contributed by atoms with Crippen LogP contribution in [0.5, 0.6) is 0 Å². The van der Waals surface area contributed by atoms with Crippen LogP contribution in [0.1, 0.15) is 6.42 Å². The molecular formula is C7H10O4S. The summed E-state index contributed by atoms with van der Waals surface area (Å²) in [6.07, 6.45) is 0.966. The van der Waals surface area contributed by atoms with E-state index in [0.29, 0.717) is 6.42 Å². The van der Waals surface area contributed by atoms with E-state index in [1.54, 1.807) is 0 Å². The Morgan fingerprint density at radius 3 is 2.67 bits per heavy atom. The molecule has 0 N–H and O–H groups in total. The van der Waals surface area contributed by atoms with E-state index in [0.717, 1.165) is 6.08 Å². The second-order valence-electron chi connectivity index (χ2n) is 2.67. The van der Waals surface area contributed by atoms with Crippen LogP contribution in [0.15, 0.2) is 12.7 Å². The van der Waals surface area contributed by atoms with Crippen molar-refractivity contribution in [1.82, 2.24) is 0 Å². The molecule has 1 fully saturated rings. The van der Waals surface area contributed by atoms with Crippen LogP contribution >= 0.6 is 0 Å². The van der Waals surface area contributed by atoms with Gasteiger partial charge in [0.2, 0.25) is 0 Å². The Morgan fingerprint density at radius 2 is 2.25 bits per heavy atom. The van der Waals surface area contributed by atoms with Crippen molar-refractivity contribution < 1.29 is 17.9 Å². The van der Waals surface area contributed by atoms with E-state index in [-0.39, 0.29) is 11.5 Å². The summed E-state index contributed by atoms with van der Waals surface area (Å²) in [6.45, 7) is 3.22. The first-order valence-electron chi connectivity index (χ1n) is 3.57. The van der Waals surface area contributed by atoms with Crippen molar-refractivity contribution in [2.75, 3.05) is 11.5 Å². The van der Waals surface area contributed by atoms with E-state index in [2.05, 4.69) is 6.58 Å². The van der Waals surface area contributed by atoms with E-state index in [1.165, 1.54) is 0 Å². The zero-order chi connectivity index (χ0) is 9.19. The first-order chi connectivity index (χ1) is 5.53. The van der Waals surface area contributed by atoms with Gasteiger partial charge >= 0.3 is 5.97 Å². The van der Waals surface area contributed by atoms with Crippen LogP contribution in [-0.4, -0.2) is 32.0 Å². The first kappa shape index (κ1) is 9.25. The van der Waals surface area contributed by atoms with Crippen LogP contribution in [0.25, 0.3) is 0 Å². The Labute approximate surface area is 71.1 Å². The Morgan fingerprint density at radius 1 is 1.58 bits per heavy atom.